The van der Waals surface area contributed by atoms with E-state index >= 15 is 0 Å². The number of aliphatic hydroxyl groups is 1. The minimum absolute atomic E-state index is 0.101. The van der Waals surface area contributed by atoms with Gasteiger partial charge in [0.15, 0.2) is 6.29 Å². The van der Waals surface area contributed by atoms with E-state index in [4.69, 9.17) is 9.47 Å². The number of ether oxygens (including phenoxy) is 2. The number of benzene rings is 1. The maximum atomic E-state index is 12.6. The number of rotatable bonds is 3. The minimum Gasteiger partial charge on any atom is -0.508 e. The molecule has 2 N–H and O–H groups in total. The molecule has 0 aromatic heterocycles. The Balaban J connectivity index is 1.57. The highest BCUT2D eigenvalue weighted by Gasteiger charge is 2.61. The third-order valence-corrected chi connectivity index (χ3v) is 7.39. The summed E-state index contributed by atoms with van der Waals surface area (Å²) in [5.74, 6) is -0.0355. The number of fused-ring (bicyclic) bond motifs is 3. The van der Waals surface area contributed by atoms with Crippen molar-refractivity contribution < 1.29 is 24.5 Å². The molecule has 5 heteroatoms. The number of esters is 1. The molecule has 5 atom stereocenters. The molecule has 2 fully saturated rings. The zero-order valence-electron chi connectivity index (χ0n) is 17.3. The summed E-state index contributed by atoms with van der Waals surface area (Å²) < 4.78 is 11.6. The summed E-state index contributed by atoms with van der Waals surface area (Å²) in [7, 11) is 0. The third kappa shape index (κ3) is 3.51. The molecule has 5 nitrogen and oxygen atoms in total. The summed E-state index contributed by atoms with van der Waals surface area (Å²) in [4.78, 5) is 12.6. The summed E-state index contributed by atoms with van der Waals surface area (Å²) in [5.41, 5.74) is 1.68. The second kappa shape index (κ2) is 7.29. The van der Waals surface area contributed by atoms with Gasteiger partial charge in [0.2, 0.25) is 0 Å². The number of allylic oxidation sites excluding steroid dienone is 1. The number of hydrogen-bond acceptors (Lipinski definition) is 5. The Morgan fingerprint density at radius 2 is 1.97 bits per heavy atom. The molecule has 2 aliphatic carbocycles. The molecular weight excluding hydrogens is 368 g/mol. The van der Waals surface area contributed by atoms with E-state index in [-0.39, 0.29) is 34.6 Å². The van der Waals surface area contributed by atoms with Crippen LogP contribution in [0.3, 0.4) is 0 Å². The first kappa shape index (κ1) is 20.2. The van der Waals surface area contributed by atoms with Crippen molar-refractivity contribution in [2.45, 2.75) is 52.4 Å². The van der Waals surface area contributed by atoms with Crippen molar-refractivity contribution >= 4 is 12.0 Å². The van der Waals surface area contributed by atoms with E-state index in [1.54, 1.807) is 30.3 Å². The predicted molar refractivity (Wildman–Crippen MR) is 110 cm³/mol. The second-order valence-electron chi connectivity index (χ2n) is 9.49. The second-order valence-corrected chi connectivity index (χ2v) is 9.49. The highest BCUT2D eigenvalue weighted by atomic mass is 16.6. The molecule has 1 saturated carbocycles. The number of carbonyl (C=O) groups excluding carboxylic acids is 1. The predicted octanol–water partition coefficient (Wildman–Crippen LogP) is 4.05. The average molecular weight is 398 g/mol. The van der Waals surface area contributed by atoms with Crippen molar-refractivity contribution in [3.05, 3.63) is 47.6 Å². The summed E-state index contributed by atoms with van der Waals surface area (Å²) in [5, 5.41) is 20.0. The lowest BCUT2D eigenvalue weighted by molar-refractivity contribution is -0.197. The molecule has 29 heavy (non-hydrogen) atoms. The topological polar surface area (TPSA) is 76.0 Å². The fourth-order valence-electron chi connectivity index (χ4n) is 5.87. The lowest BCUT2D eigenvalue weighted by atomic mass is 9.47. The smallest absolute Gasteiger partial charge is 0.331 e. The fraction of sp³-hybridized carbons (Fsp3) is 0.542. The van der Waals surface area contributed by atoms with Crippen molar-refractivity contribution in [2.75, 3.05) is 6.61 Å². The molecule has 1 aliphatic heterocycles. The maximum Gasteiger partial charge on any atom is 0.331 e. The largest absolute Gasteiger partial charge is 0.508 e. The van der Waals surface area contributed by atoms with Crippen LogP contribution in [0, 0.1) is 22.7 Å². The van der Waals surface area contributed by atoms with Crippen molar-refractivity contribution in [1.29, 1.82) is 0 Å². The summed E-state index contributed by atoms with van der Waals surface area (Å²) in [6.45, 7) is 7.17. The molecule has 0 spiro atoms. The molecule has 156 valence electrons. The van der Waals surface area contributed by atoms with Gasteiger partial charge in [0, 0.05) is 17.4 Å². The summed E-state index contributed by atoms with van der Waals surface area (Å²) in [6.07, 6.45) is 6.89. The lowest BCUT2D eigenvalue weighted by Crippen LogP contribution is -2.58. The van der Waals surface area contributed by atoms with Crippen molar-refractivity contribution in [2.24, 2.45) is 22.7 Å². The van der Waals surface area contributed by atoms with Gasteiger partial charge in [0.1, 0.15) is 11.9 Å². The van der Waals surface area contributed by atoms with Gasteiger partial charge >= 0.3 is 5.97 Å². The third-order valence-electron chi connectivity index (χ3n) is 7.39. The van der Waals surface area contributed by atoms with Crippen LogP contribution < -0.4 is 0 Å². The van der Waals surface area contributed by atoms with Gasteiger partial charge in [-0.05, 0) is 59.9 Å². The van der Waals surface area contributed by atoms with Crippen LogP contribution in [0.4, 0.5) is 0 Å². The van der Waals surface area contributed by atoms with E-state index in [0.717, 1.165) is 30.4 Å². The maximum absolute atomic E-state index is 12.6. The van der Waals surface area contributed by atoms with E-state index in [1.807, 2.05) is 0 Å². The van der Waals surface area contributed by atoms with Gasteiger partial charge in [-0.15, -0.1) is 0 Å². The Bertz CT molecular complexity index is 837. The number of aromatic hydroxyl groups is 1. The Hall–Kier alpha value is -2.11. The SMILES string of the molecule is CC1(C)CC[C@@H](OC(=O)/C=C/c2ccc(O)cc2)[C@@]2(C)C1CC=C1CO[C@H](O)[C@@H]12. The van der Waals surface area contributed by atoms with Crippen LogP contribution in [-0.2, 0) is 14.3 Å². The number of carbonyl (C=O) groups is 1. The van der Waals surface area contributed by atoms with Gasteiger partial charge in [-0.3, -0.25) is 0 Å². The Morgan fingerprint density at radius 1 is 1.24 bits per heavy atom. The highest BCUT2D eigenvalue weighted by Crippen LogP contribution is 2.62. The van der Waals surface area contributed by atoms with Crippen LogP contribution >= 0.6 is 0 Å². The van der Waals surface area contributed by atoms with E-state index in [1.165, 1.54) is 6.08 Å². The molecule has 1 saturated heterocycles. The molecule has 0 amide bonds. The van der Waals surface area contributed by atoms with Gasteiger partial charge in [0.05, 0.1) is 6.61 Å². The molecule has 1 unspecified atom stereocenters. The van der Waals surface area contributed by atoms with Crippen LogP contribution in [0.5, 0.6) is 5.75 Å². The molecule has 1 aromatic rings. The Morgan fingerprint density at radius 3 is 2.69 bits per heavy atom. The molecular formula is C24H30O5. The van der Waals surface area contributed by atoms with Gasteiger partial charge in [0.25, 0.3) is 0 Å². The standard InChI is InChI=1S/C24H30O5/c1-23(2)13-12-19(29-20(26)11-6-15-4-8-17(25)9-5-15)24(3)18(23)10-7-16-14-28-22(27)21(16)24/h4-9,11,18-19,21-22,25,27H,10,12-14H2,1-3H3/b11-6+/t18?,19-,21-,22+,24-/m1/s1. The molecule has 3 aliphatic rings. The quantitative estimate of drug-likeness (QED) is 0.456. The summed E-state index contributed by atoms with van der Waals surface area (Å²) in [6, 6.07) is 6.64. The normalized spacial score (nSPS) is 35.7. The average Bonchev–Trinajstić information content (AvgIpc) is 3.06. The van der Waals surface area contributed by atoms with Crippen molar-refractivity contribution in [3.63, 3.8) is 0 Å². The number of hydrogen-bond donors (Lipinski definition) is 2. The highest BCUT2D eigenvalue weighted by molar-refractivity contribution is 5.87. The first-order chi connectivity index (χ1) is 13.7. The first-order valence-corrected chi connectivity index (χ1v) is 10.4. The van der Waals surface area contributed by atoms with Crippen LogP contribution in [0.1, 0.15) is 45.6 Å². The van der Waals surface area contributed by atoms with Gasteiger partial charge < -0.3 is 19.7 Å². The van der Waals surface area contributed by atoms with Crippen LogP contribution in [0.25, 0.3) is 6.08 Å². The van der Waals surface area contributed by atoms with Gasteiger partial charge in [-0.1, -0.05) is 39.0 Å². The monoisotopic (exact) mass is 398 g/mol. The Labute approximate surface area is 172 Å². The summed E-state index contributed by atoms with van der Waals surface area (Å²) >= 11 is 0. The van der Waals surface area contributed by atoms with Crippen molar-refractivity contribution in [3.8, 4) is 5.75 Å². The van der Waals surface area contributed by atoms with E-state index < -0.39 is 6.29 Å². The first-order valence-electron chi connectivity index (χ1n) is 10.4. The molecule has 0 bridgehead atoms. The van der Waals surface area contributed by atoms with Crippen LogP contribution in [0.15, 0.2) is 42.0 Å². The number of aliphatic hydroxyl groups excluding tert-OH is 1. The molecule has 1 heterocycles. The van der Waals surface area contributed by atoms with E-state index in [9.17, 15) is 15.0 Å². The van der Waals surface area contributed by atoms with E-state index in [2.05, 4.69) is 26.8 Å². The zero-order valence-corrected chi connectivity index (χ0v) is 17.3. The fourth-order valence-corrected chi connectivity index (χ4v) is 5.87. The van der Waals surface area contributed by atoms with Crippen molar-refractivity contribution in [1.82, 2.24) is 0 Å². The Kier molecular flexibility index (Phi) is 5.07. The van der Waals surface area contributed by atoms with Crippen LogP contribution in [0.2, 0.25) is 0 Å². The van der Waals surface area contributed by atoms with E-state index in [0.29, 0.717) is 12.5 Å². The number of phenols is 1. The zero-order chi connectivity index (χ0) is 20.8. The minimum atomic E-state index is -0.850. The lowest BCUT2D eigenvalue weighted by Gasteiger charge is -2.58. The van der Waals surface area contributed by atoms with Gasteiger partial charge in [-0.2, -0.15) is 0 Å². The molecule has 1 aromatic carbocycles. The molecule has 4 rings (SSSR count). The van der Waals surface area contributed by atoms with Gasteiger partial charge in [-0.25, -0.2) is 4.79 Å². The number of phenolic OH excluding ortho intramolecular Hbond substituents is 1. The molecule has 0 radical (unpaired) electrons. The van der Waals surface area contributed by atoms with Crippen LogP contribution in [-0.4, -0.2) is 35.2 Å².